The Bertz CT molecular complexity index is 1430. The smallest absolute Gasteiger partial charge is 0.265 e. The van der Waals surface area contributed by atoms with Crippen LogP contribution in [-0.2, 0) is 10.0 Å². The number of nitrogens with one attached hydrogen (secondary N) is 1. The second-order valence-corrected chi connectivity index (χ2v) is 10.7. The summed E-state index contributed by atoms with van der Waals surface area (Å²) in [4.78, 5) is 13.3. The summed E-state index contributed by atoms with van der Waals surface area (Å²) in [7, 11) is -2.23. The number of amides is 1. The van der Waals surface area contributed by atoms with Gasteiger partial charge in [0.25, 0.3) is 15.9 Å². The van der Waals surface area contributed by atoms with Crippen molar-refractivity contribution < 1.29 is 17.6 Å². The molecule has 0 atom stereocenters. The number of carbonyl (C=O) groups is 1. The van der Waals surface area contributed by atoms with Crippen molar-refractivity contribution in [3.8, 4) is 0 Å². The zero-order chi connectivity index (χ0) is 23.0. The third-order valence-electron chi connectivity index (χ3n) is 4.94. The molecule has 0 saturated carbocycles. The van der Waals surface area contributed by atoms with Gasteiger partial charge in [-0.1, -0.05) is 29.3 Å². The van der Waals surface area contributed by atoms with Gasteiger partial charge in [-0.2, -0.15) is 0 Å². The number of thiophene rings is 1. The zero-order valence-electron chi connectivity index (χ0n) is 17.1. The molecule has 0 saturated heterocycles. The Labute approximate surface area is 194 Å². The number of rotatable bonds is 5. The van der Waals surface area contributed by atoms with Gasteiger partial charge < -0.3 is 5.32 Å². The Morgan fingerprint density at radius 1 is 1.03 bits per heavy atom. The summed E-state index contributed by atoms with van der Waals surface area (Å²) in [6.07, 6.45) is 0. The van der Waals surface area contributed by atoms with Gasteiger partial charge in [0.15, 0.2) is 0 Å². The van der Waals surface area contributed by atoms with E-state index in [1.54, 1.807) is 48.5 Å². The maximum atomic E-state index is 13.3. The van der Waals surface area contributed by atoms with Crippen LogP contribution in [-0.4, -0.2) is 21.4 Å². The van der Waals surface area contributed by atoms with Gasteiger partial charge in [-0.3, -0.25) is 9.10 Å². The van der Waals surface area contributed by atoms with Crippen molar-refractivity contribution in [3.63, 3.8) is 0 Å². The van der Waals surface area contributed by atoms with E-state index in [-0.39, 0.29) is 15.8 Å². The first-order valence-electron chi connectivity index (χ1n) is 9.51. The highest BCUT2D eigenvalue weighted by Crippen LogP contribution is 2.32. The molecule has 4 aromatic rings. The lowest BCUT2D eigenvalue weighted by Crippen LogP contribution is -2.26. The molecular weight excluding hydrogens is 471 g/mol. The molecule has 9 heteroatoms. The Morgan fingerprint density at radius 2 is 1.75 bits per heavy atom. The van der Waals surface area contributed by atoms with Crippen molar-refractivity contribution >= 4 is 60.3 Å². The van der Waals surface area contributed by atoms with Crippen molar-refractivity contribution in [1.82, 2.24) is 0 Å². The molecule has 0 fully saturated rings. The predicted molar refractivity (Wildman–Crippen MR) is 128 cm³/mol. The van der Waals surface area contributed by atoms with Crippen LogP contribution in [0.15, 0.2) is 71.6 Å². The first kappa shape index (κ1) is 22.3. The number of sulfonamides is 1. The van der Waals surface area contributed by atoms with Crippen molar-refractivity contribution in [2.24, 2.45) is 0 Å². The van der Waals surface area contributed by atoms with Crippen LogP contribution in [0.2, 0.25) is 5.02 Å². The van der Waals surface area contributed by atoms with Crippen LogP contribution in [0, 0.1) is 12.7 Å². The Balaban J connectivity index is 1.60. The second-order valence-electron chi connectivity index (χ2n) is 7.20. The van der Waals surface area contributed by atoms with E-state index in [4.69, 9.17) is 11.6 Å². The van der Waals surface area contributed by atoms with E-state index >= 15 is 0 Å². The molecule has 32 heavy (non-hydrogen) atoms. The minimum absolute atomic E-state index is 0.0818. The van der Waals surface area contributed by atoms with E-state index in [1.165, 1.54) is 40.9 Å². The Kier molecular flexibility index (Phi) is 5.94. The van der Waals surface area contributed by atoms with E-state index in [0.717, 1.165) is 15.6 Å². The summed E-state index contributed by atoms with van der Waals surface area (Å²) in [6.45, 7) is 1.89. The van der Waals surface area contributed by atoms with E-state index in [2.05, 4.69) is 5.32 Å². The standard InChI is InChI=1S/C23H18ClFN2O3S2/c1-14-3-7-18(8-4-14)32(29,30)27(2)17-6-10-21-15(11-17)12-22(31-21)23(28)26-16-5-9-20(25)19(24)13-16/h3-13H,1-2H3,(H,26,28). The molecule has 3 aromatic carbocycles. The minimum Gasteiger partial charge on any atom is -0.321 e. The summed E-state index contributed by atoms with van der Waals surface area (Å²) >= 11 is 7.04. The molecule has 0 aliphatic carbocycles. The third kappa shape index (κ3) is 4.34. The molecule has 1 aromatic heterocycles. The number of nitrogens with zero attached hydrogens (tertiary/aromatic N) is 1. The fraction of sp³-hybridized carbons (Fsp3) is 0.0870. The van der Waals surface area contributed by atoms with E-state index < -0.39 is 15.8 Å². The normalized spacial score (nSPS) is 11.5. The lowest BCUT2D eigenvalue weighted by atomic mass is 10.2. The largest absolute Gasteiger partial charge is 0.321 e. The lowest BCUT2D eigenvalue weighted by molar-refractivity contribution is 0.103. The van der Waals surface area contributed by atoms with Gasteiger partial charge in [0.05, 0.1) is 20.5 Å². The van der Waals surface area contributed by atoms with Gasteiger partial charge in [0, 0.05) is 17.4 Å². The highest BCUT2D eigenvalue weighted by molar-refractivity contribution is 7.92. The van der Waals surface area contributed by atoms with Gasteiger partial charge in [-0.05, 0) is 66.9 Å². The number of fused-ring (bicyclic) bond motifs is 1. The molecule has 5 nitrogen and oxygen atoms in total. The third-order valence-corrected chi connectivity index (χ3v) is 8.15. The van der Waals surface area contributed by atoms with E-state index in [9.17, 15) is 17.6 Å². The summed E-state index contributed by atoms with van der Waals surface area (Å²) in [5.74, 6) is -0.931. The molecule has 0 spiro atoms. The van der Waals surface area contributed by atoms with Crippen LogP contribution >= 0.6 is 22.9 Å². The van der Waals surface area contributed by atoms with Gasteiger partial charge in [0.2, 0.25) is 0 Å². The minimum atomic E-state index is -3.72. The van der Waals surface area contributed by atoms with E-state index in [0.29, 0.717) is 16.3 Å². The number of hydrogen-bond acceptors (Lipinski definition) is 4. The van der Waals surface area contributed by atoms with Crippen LogP contribution < -0.4 is 9.62 Å². The highest BCUT2D eigenvalue weighted by atomic mass is 35.5. The molecular formula is C23H18ClFN2O3S2. The molecule has 0 aliphatic rings. The van der Waals surface area contributed by atoms with Crippen LogP contribution in [0.3, 0.4) is 0 Å². The number of carbonyl (C=O) groups excluding carboxylic acids is 1. The second kappa shape index (κ2) is 8.54. The van der Waals surface area contributed by atoms with Gasteiger partial charge >= 0.3 is 0 Å². The van der Waals surface area contributed by atoms with Crippen LogP contribution in [0.4, 0.5) is 15.8 Å². The number of halogens is 2. The molecule has 4 rings (SSSR count). The summed E-state index contributed by atoms with van der Waals surface area (Å²) in [5.41, 5.74) is 1.83. The quantitative estimate of drug-likeness (QED) is 0.370. The maximum Gasteiger partial charge on any atom is 0.265 e. The van der Waals surface area contributed by atoms with Crippen LogP contribution in [0.25, 0.3) is 10.1 Å². The summed E-state index contributed by atoms with van der Waals surface area (Å²) < 4.78 is 41.3. The first-order chi connectivity index (χ1) is 15.1. The van der Waals surface area contributed by atoms with Gasteiger partial charge in [-0.25, -0.2) is 12.8 Å². The molecule has 0 unspecified atom stereocenters. The average molecular weight is 489 g/mol. The fourth-order valence-electron chi connectivity index (χ4n) is 3.11. The Morgan fingerprint density at radius 3 is 2.44 bits per heavy atom. The summed E-state index contributed by atoms with van der Waals surface area (Å²) in [6, 6.07) is 17.5. The molecule has 0 radical (unpaired) electrons. The molecule has 1 heterocycles. The molecule has 164 valence electrons. The topological polar surface area (TPSA) is 66.5 Å². The zero-order valence-corrected chi connectivity index (χ0v) is 19.5. The molecule has 1 N–H and O–H groups in total. The van der Waals surface area contributed by atoms with E-state index in [1.807, 2.05) is 6.92 Å². The monoisotopic (exact) mass is 488 g/mol. The average Bonchev–Trinajstić information content (AvgIpc) is 3.19. The van der Waals surface area contributed by atoms with Crippen molar-refractivity contribution in [3.05, 3.63) is 88.0 Å². The number of hydrogen-bond donors (Lipinski definition) is 1. The number of anilines is 2. The highest BCUT2D eigenvalue weighted by Gasteiger charge is 2.22. The predicted octanol–water partition coefficient (Wildman–Crippen LogP) is 6.08. The molecule has 0 bridgehead atoms. The molecule has 0 aliphatic heterocycles. The Hall–Kier alpha value is -2.94. The summed E-state index contributed by atoms with van der Waals surface area (Å²) in [5, 5.41) is 3.34. The SMILES string of the molecule is Cc1ccc(S(=O)(=O)N(C)c2ccc3sc(C(=O)Nc4ccc(F)c(Cl)c4)cc3c2)cc1. The van der Waals surface area contributed by atoms with Crippen molar-refractivity contribution in [1.29, 1.82) is 0 Å². The van der Waals surface area contributed by atoms with Crippen LogP contribution in [0.1, 0.15) is 15.2 Å². The maximum absolute atomic E-state index is 13.3. The lowest BCUT2D eigenvalue weighted by Gasteiger charge is -2.19. The number of aryl methyl sites for hydroxylation is 1. The van der Waals surface area contributed by atoms with Crippen LogP contribution in [0.5, 0.6) is 0 Å². The fourth-order valence-corrected chi connectivity index (χ4v) is 5.42. The molecule has 1 amide bonds. The first-order valence-corrected chi connectivity index (χ1v) is 12.1. The van der Waals surface area contributed by atoms with Gasteiger partial charge in [0.1, 0.15) is 5.82 Å². The number of benzene rings is 3. The van der Waals surface area contributed by atoms with Crippen molar-refractivity contribution in [2.45, 2.75) is 11.8 Å². The van der Waals surface area contributed by atoms with Gasteiger partial charge in [-0.15, -0.1) is 11.3 Å². The van der Waals surface area contributed by atoms with Crippen molar-refractivity contribution in [2.75, 3.05) is 16.7 Å².